The van der Waals surface area contributed by atoms with Crippen LogP contribution in [0.15, 0.2) is 36.4 Å². The Morgan fingerprint density at radius 3 is 2.52 bits per heavy atom. The predicted octanol–water partition coefficient (Wildman–Crippen LogP) is 1.96. The van der Waals surface area contributed by atoms with E-state index in [1.165, 1.54) is 11.8 Å². The van der Waals surface area contributed by atoms with Gasteiger partial charge in [0, 0.05) is 19.6 Å². The van der Waals surface area contributed by atoms with Gasteiger partial charge in [-0.1, -0.05) is 42.5 Å². The highest BCUT2D eigenvalue weighted by Gasteiger charge is 2.24. The average Bonchev–Trinajstić information content (AvgIpc) is 2.47. The third-order valence-electron chi connectivity index (χ3n) is 3.85. The Bertz CT molecular complexity index is 547. The first-order valence-electron chi connectivity index (χ1n) is 7.43. The molecule has 21 heavy (non-hydrogen) atoms. The van der Waals surface area contributed by atoms with Gasteiger partial charge in [-0.3, -0.25) is 0 Å². The van der Waals surface area contributed by atoms with Crippen molar-refractivity contribution in [2.45, 2.75) is 12.8 Å². The van der Waals surface area contributed by atoms with Crippen LogP contribution in [0, 0.1) is 5.92 Å². The molecule has 2 rings (SSSR count). The van der Waals surface area contributed by atoms with Crippen molar-refractivity contribution in [2.75, 3.05) is 32.4 Å². The molecule has 1 N–H and O–H groups in total. The van der Waals surface area contributed by atoms with Crippen LogP contribution in [0.2, 0.25) is 0 Å². The molecule has 5 heteroatoms. The maximum absolute atomic E-state index is 11.4. The number of hydrogen-bond donors (Lipinski definition) is 1. The van der Waals surface area contributed by atoms with Crippen molar-refractivity contribution in [3.8, 4) is 0 Å². The zero-order chi connectivity index (χ0) is 15.1. The van der Waals surface area contributed by atoms with E-state index >= 15 is 0 Å². The molecule has 4 nitrogen and oxygen atoms in total. The lowest BCUT2D eigenvalue weighted by Gasteiger charge is -2.30. The Kier molecular flexibility index (Phi) is 5.96. The van der Waals surface area contributed by atoms with Crippen LogP contribution < -0.4 is 5.32 Å². The molecule has 1 aromatic carbocycles. The van der Waals surface area contributed by atoms with Crippen molar-refractivity contribution >= 4 is 16.1 Å². The molecule has 1 aliphatic rings. The van der Waals surface area contributed by atoms with Gasteiger partial charge in [0.15, 0.2) is 0 Å². The highest BCUT2D eigenvalue weighted by molar-refractivity contribution is 7.88. The minimum absolute atomic E-state index is 0.577. The second-order valence-corrected chi connectivity index (χ2v) is 7.56. The van der Waals surface area contributed by atoms with Gasteiger partial charge >= 0.3 is 0 Å². The van der Waals surface area contributed by atoms with Crippen molar-refractivity contribution in [3.63, 3.8) is 0 Å². The molecule has 0 aromatic heterocycles. The van der Waals surface area contributed by atoms with Gasteiger partial charge in [-0.2, -0.15) is 0 Å². The van der Waals surface area contributed by atoms with Crippen LogP contribution in [0.3, 0.4) is 0 Å². The quantitative estimate of drug-likeness (QED) is 0.817. The molecule has 116 valence electrons. The van der Waals surface area contributed by atoms with Crippen molar-refractivity contribution in [1.29, 1.82) is 0 Å². The lowest BCUT2D eigenvalue weighted by atomic mass is 9.98. The van der Waals surface area contributed by atoms with Crippen LogP contribution in [0.25, 0.3) is 6.08 Å². The van der Waals surface area contributed by atoms with Crippen molar-refractivity contribution in [1.82, 2.24) is 9.62 Å². The second-order valence-electron chi connectivity index (χ2n) is 5.58. The Morgan fingerprint density at radius 1 is 1.24 bits per heavy atom. The highest BCUT2D eigenvalue weighted by atomic mass is 32.2. The van der Waals surface area contributed by atoms with E-state index in [4.69, 9.17) is 0 Å². The average molecular weight is 308 g/mol. The van der Waals surface area contributed by atoms with E-state index in [-0.39, 0.29) is 0 Å². The van der Waals surface area contributed by atoms with Crippen LogP contribution >= 0.6 is 0 Å². The van der Waals surface area contributed by atoms with Gasteiger partial charge < -0.3 is 5.32 Å². The standard InChI is InChI=1S/C16H24N2O2S/c1-21(19,20)18-12-9-16(10-13-18)14-17-11-5-8-15-6-3-2-4-7-15/h2-8,16-17H,9-14H2,1H3. The molecule has 0 amide bonds. The fraction of sp³-hybridized carbons (Fsp3) is 0.500. The molecule has 0 aliphatic carbocycles. The predicted molar refractivity (Wildman–Crippen MR) is 87.5 cm³/mol. The van der Waals surface area contributed by atoms with Gasteiger partial charge in [-0.05, 0) is 30.9 Å². The number of benzene rings is 1. The van der Waals surface area contributed by atoms with E-state index in [9.17, 15) is 8.42 Å². The summed E-state index contributed by atoms with van der Waals surface area (Å²) in [7, 11) is -3.01. The molecule has 1 aromatic rings. The summed E-state index contributed by atoms with van der Waals surface area (Å²) in [4.78, 5) is 0. The number of sulfonamides is 1. The molecule has 1 aliphatic heterocycles. The van der Waals surface area contributed by atoms with Crippen LogP contribution in [-0.4, -0.2) is 45.2 Å². The number of piperidine rings is 1. The Morgan fingerprint density at radius 2 is 1.90 bits per heavy atom. The van der Waals surface area contributed by atoms with E-state index in [1.807, 2.05) is 18.2 Å². The normalized spacial score (nSPS) is 18.3. The van der Waals surface area contributed by atoms with Gasteiger partial charge in [0.1, 0.15) is 0 Å². The molecule has 0 unspecified atom stereocenters. The van der Waals surface area contributed by atoms with Crippen molar-refractivity contribution < 1.29 is 8.42 Å². The lowest BCUT2D eigenvalue weighted by molar-refractivity contribution is 0.270. The van der Waals surface area contributed by atoms with E-state index in [1.54, 1.807) is 4.31 Å². The van der Waals surface area contributed by atoms with Gasteiger partial charge in [0.2, 0.25) is 10.0 Å². The summed E-state index contributed by atoms with van der Waals surface area (Å²) in [5.41, 5.74) is 1.21. The Balaban J connectivity index is 1.63. The van der Waals surface area contributed by atoms with Gasteiger partial charge in [0.25, 0.3) is 0 Å². The molecule has 0 atom stereocenters. The first-order chi connectivity index (χ1) is 10.1. The summed E-state index contributed by atoms with van der Waals surface area (Å²) < 4.78 is 24.4. The Labute approximate surface area is 127 Å². The first kappa shape index (κ1) is 16.2. The maximum Gasteiger partial charge on any atom is 0.211 e. The second kappa shape index (κ2) is 7.73. The third kappa shape index (κ3) is 5.61. The van der Waals surface area contributed by atoms with E-state index in [0.717, 1.165) is 25.9 Å². The fourth-order valence-electron chi connectivity index (χ4n) is 2.57. The van der Waals surface area contributed by atoms with E-state index in [0.29, 0.717) is 19.0 Å². The summed E-state index contributed by atoms with van der Waals surface area (Å²) in [6.45, 7) is 3.12. The summed E-state index contributed by atoms with van der Waals surface area (Å²) in [6.07, 6.45) is 7.42. The zero-order valence-corrected chi connectivity index (χ0v) is 13.3. The van der Waals surface area contributed by atoms with Crippen LogP contribution in [0.4, 0.5) is 0 Å². The van der Waals surface area contributed by atoms with Crippen molar-refractivity contribution in [3.05, 3.63) is 42.0 Å². The monoisotopic (exact) mass is 308 g/mol. The van der Waals surface area contributed by atoms with Crippen LogP contribution in [0.1, 0.15) is 18.4 Å². The molecule has 1 heterocycles. The summed E-state index contributed by atoms with van der Waals surface area (Å²) in [5.74, 6) is 0.577. The molecule has 0 spiro atoms. The summed E-state index contributed by atoms with van der Waals surface area (Å²) in [5, 5.41) is 3.42. The number of nitrogens with zero attached hydrogens (tertiary/aromatic N) is 1. The van der Waals surface area contributed by atoms with Crippen LogP contribution in [-0.2, 0) is 10.0 Å². The molecule has 1 saturated heterocycles. The lowest BCUT2D eigenvalue weighted by Crippen LogP contribution is -2.40. The number of rotatable bonds is 6. The SMILES string of the molecule is CS(=O)(=O)N1CCC(CNCC=Cc2ccccc2)CC1. The first-order valence-corrected chi connectivity index (χ1v) is 9.28. The molecule has 0 bridgehead atoms. The minimum Gasteiger partial charge on any atom is -0.313 e. The molecular formula is C16H24N2O2S. The summed E-state index contributed by atoms with van der Waals surface area (Å²) in [6, 6.07) is 10.2. The van der Waals surface area contributed by atoms with Gasteiger partial charge in [-0.15, -0.1) is 0 Å². The largest absolute Gasteiger partial charge is 0.313 e. The van der Waals surface area contributed by atoms with E-state index in [2.05, 4.69) is 29.6 Å². The smallest absolute Gasteiger partial charge is 0.211 e. The summed E-state index contributed by atoms with van der Waals surface area (Å²) >= 11 is 0. The molecular weight excluding hydrogens is 284 g/mol. The van der Waals surface area contributed by atoms with Gasteiger partial charge in [0.05, 0.1) is 6.26 Å². The number of hydrogen-bond acceptors (Lipinski definition) is 3. The maximum atomic E-state index is 11.4. The topological polar surface area (TPSA) is 49.4 Å². The van der Waals surface area contributed by atoms with E-state index < -0.39 is 10.0 Å². The van der Waals surface area contributed by atoms with Crippen molar-refractivity contribution in [2.24, 2.45) is 5.92 Å². The van der Waals surface area contributed by atoms with Gasteiger partial charge in [-0.25, -0.2) is 12.7 Å². The third-order valence-corrected chi connectivity index (χ3v) is 5.15. The highest BCUT2D eigenvalue weighted by Crippen LogP contribution is 2.18. The Hall–Kier alpha value is -1.17. The molecule has 0 saturated carbocycles. The van der Waals surface area contributed by atoms with Crippen LogP contribution in [0.5, 0.6) is 0 Å². The fourth-order valence-corrected chi connectivity index (χ4v) is 3.45. The molecule has 1 fully saturated rings. The zero-order valence-electron chi connectivity index (χ0n) is 12.5. The minimum atomic E-state index is -3.01. The number of nitrogens with one attached hydrogen (secondary N) is 1. The molecule has 0 radical (unpaired) electrons.